The van der Waals surface area contributed by atoms with E-state index in [1.54, 1.807) is 18.3 Å². The summed E-state index contributed by atoms with van der Waals surface area (Å²) in [5.41, 5.74) is 2.79. The molecule has 0 spiro atoms. The molecule has 1 aliphatic rings. The lowest BCUT2D eigenvalue weighted by Gasteiger charge is -2.07. The Kier molecular flexibility index (Phi) is 3.65. The number of nitrogens with zero attached hydrogens (tertiary/aromatic N) is 2. The maximum atomic E-state index is 12.4. The van der Waals surface area contributed by atoms with Crippen molar-refractivity contribution in [2.24, 2.45) is 0 Å². The molecule has 1 fully saturated rings. The van der Waals surface area contributed by atoms with Gasteiger partial charge in [0, 0.05) is 29.9 Å². The highest BCUT2D eigenvalue weighted by atomic mass is 16.3. The van der Waals surface area contributed by atoms with Crippen LogP contribution >= 0.6 is 0 Å². The van der Waals surface area contributed by atoms with Gasteiger partial charge in [-0.1, -0.05) is 0 Å². The molecule has 122 valence electrons. The van der Waals surface area contributed by atoms with Gasteiger partial charge >= 0.3 is 0 Å². The quantitative estimate of drug-likeness (QED) is 0.747. The zero-order valence-corrected chi connectivity index (χ0v) is 13.4. The molecule has 0 unspecified atom stereocenters. The van der Waals surface area contributed by atoms with Crippen molar-refractivity contribution < 1.29 is 9.21 Å². The number of amides is 1. The number of anilines is 2. The summed E-state index contributed by atoms with van der Waals surface area (Å²) in [5.74, 6) is 1.78. The smallest absolute Gasteiger partial charge is 0.255 e. The standard InChI is InChI=1S/C18H18N4O2/c1-2-19-16-9-12(7-8-20-16)17(23)21-13-5-6-15-14(10-13)22-18(24-15)11-3-4-11/h5-11H,2-4H2,1H3,(H,19,20)(H,21,23). The van der Waals surface area contributed by atoms with Gasteiger partial charge in [-0.3, -0.25) is 4.79 Å². The number of pyridine rings is 1. The average Bonchev–Trinajstić information content (AvgIpc) is 3.35. The zero-order chi connectivity index (χ0) is 16.5. The molecule has 0 saturated heterocycles. The number of fused-ring (bicyclic) bond motifs is 1. The number of carbonyl (C=O) groups excluding carboxylic acids is 1. The van der Waals surface area contributed by atoms with Crippen LogP contribution in [0.15, 0.2) is 40.9 Å². The Morgan fingerprint density at radius 1 is 1.29 bits per heavy atom. The maximum Gasteiger partial charge on any atom is 0.255 e. The molecule has 0 atom stereocenters. The average molecular weight is 322 g/mol. The van der Waals surface area contributed by atoms with Gasteiger partial charge in [0.2, 0.25) is 0 Å². The fourth-order valence-corrected chi connectivity index (χ4v) is 2.58. The molecular weight excluding hydrogens is 304 g/mol. The first-order valence-electron chi connectivity index (χ1n) is 8.14. The van der Waals surface area contributed by atoms with E-state index in [1.165, 1.54) is 0 Å². The van der Waals surface area contributed by atoms with Crippen LogP contribution in [-0.2, 0) is 0 Å². The van der Waals surface area contributed by atoms with Gasteiger partial charge in [-0.25, -0.2) is 9.97 Å². The SMILES string of the molecule is CCNc1cc(C(=O)Nc2ccc3oc(C4CC4)nc3c2)ccn1. The third-order valence-electron chi connectivity index (χ3n) is 3.97. The Balaban J connectivity index is 1.54. The van der Waals surface area contributed by atoms with Crippen molar-refractivity contribution in [1.29, 1.82) is 0 Å². The second-order valence-corrected chi connectivity index (χ2v) is 5.92. The van der Waals surface area contributed by atoms with Crippen molar-refractivity contribution in [3.05, 3.63) is 48.0 Å². The van der Waals surface area contributed by atoms with Crippen LogP contribution in [0.5, 0.6) is 0 Å². The molecular formula is C18H18N4O2. The first-order chi connectivity index (χ1) is 11.7. The van der Waals surface area contributed by atoms with Crippen LogP contribution < -0.4 is 10.6 Å². The summed E-state index contributed by atoms with van der Waals surface area (Å²) in [4.78, 5) is 21.1. The molecule has 6 heteroatoms. The first kappa shape index (κ1) is 14.7. The lowest BCUT2D eigenvalue weighted by molar-refractivity contribution is 0.102. The van der Waals surface area contributed by atoms with Crippen molar-refractivity contribution in [3.63, 3.8) is 0 Å². The lowest BCUT2D eigenvalue weighted by Crippen LogP contribution is -2.12. The Morgan fingerprint density at radius 3 is 2.96 bits per heavy atom. The van der Waals surface area contributed by atoms with Gasteiger partial charge in [-0.15, -0.1) is 0 Å². The van der Waals surface area contributed by atoms with Crippen LogP contribution in [0.25, 0.3) is 11.1 Å². The summed E-state index contributed by atoms with van der Waals surface area (Å²) < 4.78 is 5.74. The fourth-order valence-electron chi connectivity index (χ4n) is 2.58. The molecule has 0 aliphatic heterocycles. The lowest BCUT2D eigenvalue weighted by atomic mass is 10.2. The van der Waals surface area contributed by atoms with Crippen LogP contribution in [0.3, 0.4) is 0 Å². The minimum Gasteiger partial charge on any atom is -0.440 e. The number of benzene rings is 1. The summed E-state index contributed by atoms with van der Waals surface area (Å²) >= 11 is 0. The van der Waals surface area contributed by atoms with E-state index < -0.39 is 0 Å². The van der Waals surface area contributed by atoms with Crippen LogP contribution in [0.4, 0.5) is 11.5 Å². The van der Waals surface area contributed by atoms with Crippen LogP contribution in [0, 0.1) is 0 Å². The second kappa shape index (κ2) is 5.96. The summed E-state index contributed by atoms with van der Waals surface area (Å²) in [6, 6.07) is 8.94. The van der Waals surface area contributed by atoms with Gasteiger partial charge in [-0.05, 0) is 50.1 Å². The van der Waals surface area contributed by atoms with Crippen molar-refractivity contribution in [2.45, 2.75) is 25.7 Å². The predicted molar refractivity (Wildman–Crippen MR) is 92.3 cm³/mol. The zero-order valence-electron chi connectivity index (χ0n) is 13.4. The molecule has 1 aromatic carbocycles. The molecule has 0 bridgehead atoms. The molecule has 1 saturated carbocycles. The van der Waals surface area contributed by atoms with Gasteiger partial charge in [0.1, 0.15) is 11.3 Å². The number of carbonyl (C=O) groups is 1. The fraction of sp³-hybridized carbons (Fsp3) is 0.278. The van der Waals surface area contributed by atoms with Crippen LogP contribution in [-0.4, -0.2) is 22.4 Å². The molecule has 2 heterocycles. The summed E-state index contributed by atoms with van der Waals surface area (Å²) in [5, 5.41) is 5.99. The van der Waals surface area contributed by atoms with Crippen molar-refractivity contribution in [2.75, 3.05) is 17.2 Å². The molecule has 4 rings (SSSR count). The van der Waals surface area contributed by atoms with E-state index >= 15 is 0 Å². The number of hydrogen-bond acceptors (Lipinski definition) is 5. The van der Waals surface area contributed by atoms with E-state index in [1.807, 2.05) is 25.1 Å². The molecule has 1 amide bonds. The Labute approximate surface area is 139 Å². The highest BCUT2D eigenvalue weighted by Gasteiger charge is 2.28. The number of aromatic nitrogens is 2. The molecule has 1 aliphatic carbocycles. The van der Waals surface area contributed by atoms with Crippen LogP contribution in [0.1, 0.15) is 41.9 Å². The topological polar surface area (TPSA) is 80.0 Å². The molecule has 2 N–H and O–H groups in total. The highest BCUT2D eigenvalue weighted by Crippen LogP contribution is 2.40. The largest absolute Gasteiger partial charge is 0.440 e. The molecule has 24 heavy (non-hydrogen) atoms. The molecule has 2 aromatic heterocycles. The minimum atomic E-state index is -0.179. The van der Waals surface area contributed by atoms with Crippen molar-refractivity contribution >= 4 is 28.5 Å². The first-order valence-corrected chi connectivity index (χ1v) is 8.14. The molecule has 0 radical (unpaired) electrons. The van der Waals surface area contributed by atoms with E-state index in [0.717, 1.165) is 36.4 Å². The van der Waals surface area contributed by atoms with Gasteiger partial charge in [0.05, 0.1) is 0 Å². The van der Waals surface area contributed by atoms with Crippen LogP contribution in [0.2, 0.25) is 0 Å². The Hall–Kier alpha value is -2.89. The summed E-state index contributed by atoms with van der Waals surface area (Å²) in [6.07, 6.45) is 3.91. The summed E-state index contributed by atoms with van der Waals surface area (Å²) in [7, 11) is 0. The van der Waals surface area contributed by atoms with E-state index in [9.17, 15) is 4.79 Å². The van der Waals surface area contributed by atoms with Gasteiger partial charge in [-0.2, -0.15) is 0 Å². The maximum absolute atomic E-state index is 12.4. The number of nitrogens with one attached hydrogen (secondary N) is 2. The predicted octanol–water partition coefficient (Wildman–Crippen LogP) is 3.78. The van der Waals surface area contributed by atoms with Gasteiger partial charge in [0.25, 0.3) is 5.91 Å². The van der Waals surface area contributed by atoms with Gasteiger partial charge < -0.3 is 15.1 Å². The third-order valence-corrected chi connectivity index (χ3v) is 3.97. The number of hydrogen-bond donors (Lipinski definition) is 2. The normalized spacial score (nSPS) is 13.9. The molecule has 3 aromatic rings. The molecule has 6 nitrogen and oxygen atoms in total. The van der Waals surface area contributed by atoms with Crippen molar-refractivity contribution in [3.8, 4) is 0 Å². The van der Waals surface area contributed by atoms with E-state index in [2.05, 4.69) is 20.6 Å². The highest BCUT2D eigenvalue weighted by molar-refractivity contribution is 6.05. The Morgan fingerprint density at radius 2 is 2.17 bits per heavy atom. The van der Waals surface area contributed by atoms with E-state index in [0.29, 0.717) is 23.0 Å². The summed E-state index contributed by atoms with van der Waals surface area (Å²) in [6.45, 7) is 2.74. The minimum absolute atomic E-state index is 0.179. The van der Waals surface area contributed by atoms with E-state index in [-0.39, 0.29) is 5.91 Å². The third kappa shape index (κ3) is 2.95. The van der Waals surface area contributed by atoms with Gasteiger partial charge in [0.15, 0.2) is 11.5 Å². The number of rotatable bonds is 5. The number of oxazole rings is 1. The second-order valence-electron chi connectivity index (χ2n) is 5.92. The Bertz CT molecular complexity index is 899. The monoisotopic (exact) mass is 322 g/mol. The van der Waals surface area contributed by atoms with Crippen molar-refractivity contribution in [1.82, 2.24) is 9.97 Å². The van der Waals surface area contributed by atoms with E-state index in [4.69, 9.17) is 4.42 Å².